The molecule has 1 aliphatic rings. The summed E-state index contributed by atoms with van der Waals surface area (Å²) in [5.41, 5.74) is 6.40. The third kappa shape index (κ3) is 5.42. The molecule has 9 nitrogen and oxygen atoms in total. The van der Waals surface area contributed by atoms with E-state index >= 15 is 0 Å². The highest BCUT2D eigenvalue weighted by Gasteiger charge is 2.20. The van der Waals surface area contributed by atoms with Gasteiger partial charge in [0.1, 0.15) is 5.75 Å². The number of nitrogens with two attached hydrogens (primary N) is 1. The smallest absolute Gasteiger partial charge is 0.334 e. The first-order valence-corrected chi connectivity index (χ1v) is 11.4. The van der Waals surface area contributed by atoms with E-state index in [0.29, 0.717) is 42.0 Å². The monoisotopic (exact) mass is 450 g/mol. The number of pyridine rings is 1. The normalized spacial score (nSPS) is 18.9. The lowest BCUT2D eigenvalue weighted by Crippen LogP contribution is -2.50. The third-order valence-electron chi connectivity index (χ3n) is 6.13. The van der Waals surface area contributed by atoms with Crippen molar-refractivity contribution in [3.63, 3.8) is 0 Å². The summed E-state index contributed by atoms with van der Waals surface area (Å²) in [7, 11) is 0. The van der Waals surface area contributed by atoms with Crippen molar-refractivity contribution in [2.24, 2.45) is 16.8 Å². The molecule has 1 saturated carbocycles. The molecule has 174 valence electrons. The van der Waals surface area contributed by atoms with Crippen LogP contribution >= 0.6 is 0 Å². The molecule has 0 spiro atoms. The van der Waals surface area contributed by atoms with E-state index in [-0.39, 0.29) is 11.3 Å². The zero-order chi connectivity index (χ0) is 23.4. The van der Waals surface area contributed by atoms with Crippen molar-refractivity contribution in [2.75, 3.05) is 5.73 Å². The Morgan fingerprint density at radius 2 is 1.85 bits per heavy atom. The highest BCUT2D eigenvalue weighted by Crippen LogP contribution is 2.29. The summed E-state index contributed by atoms with van der Waals surface area (Å²) in [5.74, 6) is 2.09. The van der Waals surface area contributed by atoms with Crippen LogP contribution in [-0.4, -0.2) is 19.1 Å². The number of nitrogen functional groups attached to an aromatic ring is 1. The number of nitrogens with zero attached hydrogens (tertiary/aromatic N) is 4. The van der Waals surface area contributed by atoms with Gasteiger partial charge in [-0.05, 0) is 61.9 Å². The van der Waals surface area contributed by atoms with Crippen LogP contribution in [0.3, 0.4) is 0 Å². The SMILES string of the molecule is CCn1c(=O)[nH]/c(=N\c2ccc(Oc3cc(N)ccn3)cc2)n(C[C@H]2CC[C@H](C)CC2)c1=O. The number of nitrogens with one attached hydrogen (secondary N) is 1. The fraction of sp³-hybridized carbons (Fsp3) is 0.417. The van der Waals surface area contributed by atoms with Crippen molar-refractivity contribution in [2.45, 2.75) is 52.6 Å². The number of H-pyrrole nitrogens is 1. The minimum Gasteiger partial charge on any atom is -0.439 e. The molecule has 33 heavy (non-hydrogen) atoms. The predicted octanol–water partition coefficient (Wildman–Crippen LogP) is 3.19. The number of hydrogen-bond acceptors (Lipinski definition) is 6. The number of aromatic amines is 1. The van der Waals surface area contributed by atoms with E-state index < -0.39 is 5.69 Å². The molecule has 0 unspecified atom stereocenters. The van der Waals surface area contributed by atoms with E-state index in [1.54, 1.807) is 54.1 Å². The van der Waals surface area contributed by atoms with Crippen LogP contribution in [0.5, 0.6) is 11.6 Å². The van der Waals surface area contributed by atoms with Crippen molar-refractivity contribution in [3.8, 4) is 11.6 Å². The first-order chi connectivity index (χ1) is 15.9. The topological polar surface area (TPSA) is 120 Å². The maximum atomic E-state index is 13.1. The van der Waals surface area contributed by atoms with Gasteiger partial charge in [0.05, 0.1) is 5.69 Å². The van der Waals surface area contributed by atoms with Gasteiger partial charge in [-0.2, -0.15) is 0 Å². The summed E-state index contributed by atoms with van der Waals surface area (Å²) in [5, 5.41) is 0. The van der Waals surface area contributed by atoms with E-state index in [1.165, 1.54) is 4.57 Å². The van der Waals surface area contributed by atoms with Crippen molar-refractivity contribution in [1.29, 1.82) is 0 Å². The minimum atomic E-state index is -0.456. The molecule has 0 saturated heterocycles. The summed E-state index contributed by atoms with van der Waals surface area (Å²) < 4.78 is 8.53. The number of hydrogen-bond donors (Lipinski definition) is 2. The Kier molecular flexibility index (Phi) is 6.76. The van der Waals surface area contributed by atoms with Crippen LogP contribution in [0.2, 0.25) is 0 Å². The first kappa shape index (κ1) is 22.6. The average Bonchev–Trinajstić information content (AvgIpc) is 2.79. The Labute approximate surface area is 191 Å². The largest absolute Gasteiger partial charge is 0.439 e. The highest BCUT2D eigenvalue weighted by molar-refractivity contribution is 5.44. The molecule has 2 heterocycles. The van der Waals surface area contributed by atoms with E-state index in [4.69, 9.17) is 10.5 Å². The van der Waals surface area contributed by atoms with Gasteiger partial charge in [-0.25, -0.2) is 24.1 Å². The van der Waals surface area contributed by atoms with Crippen LogP contribution in [-0.2, 0) is 13.1 Å². The van der Waals surface area contributed by atoms with Crippen molar-refractivity contribution >= 4 is 11.4 Å². The lowest BCUT2D eigenvalue weighted by molar-refractivity contribution is 0.255. The zero-order valence-corrected chi connectivity index (χ0v) is 19.0. The molecule has 0 amide bonds. The van der Waals surface area contributed by atoms with Crippen LogP contribution in [0.1, 0.15) is 39.5 Å². The molecule has 9 heteroatoms. The molecular weight excluding hydrogens is 420 g/mol. The molecule has 3 aromatic rings. The Balaban J connectivity index is 1.65. The van der Waals surface area contributed by atoms with Gasteiger partial charge in [0.25, 0.3) is 0 Å². The Morgan fingerprint density at radius 1 is 1.12 bits per heavy atom. The van der Waals surface area contributed by atoms with E-state index in [1.807, 2.05) is 0 Å². The minimum absolute atomic E-state index is 0.263. The van der Waals surface area contributed by atoms with Crippen molar-refractivity contribution < 1.29 is 4.74 Å². The molecule has 4 rings (SSSR count). The third-order valence-corrected chi connectivity index (χ3v) is 6.13. The predicted molar refractivity (Wildman–Crippen MR) is 126 cm³/mol. The molecule has 2 aromatic heterocycles. The second-order valence-electron chi connectivity index (χ2n) is 8.65. The van der Waals surface area contributed by atoms with E-state index in [0.717, 1.165) is 31.6 Å². The summed E-state index contributed by atoms with van der Waals surface area (Å²) in [6.45, 7) is 4.90. The van der Waals surface area contributed by atoms with Crippen LogP contribution in [0, 0.1) is 11.8 Å². The first-order valence-electron chi connectivity index (χ1n) is 11.4. The molecule has 0 aliphatic heterocycles. The summed E-state index contributed by atoms with van der Waals surface area (Å²) in [4.78, 5) is 37.0. The number of benzene rings is 1. The second-order valence-corrected chi connectivity index (χ2v) is 8.65. The van der Waals surface area contributed by atoms with Crippen molar-refractivity contribution in [1.82, 2.24) is 19.1 Å². The maximum Gasteiger partial charge on any atom is 0.334 e. The molecule has 0 atom stereocenters. The van der Waals surface area contributed by atoms with Crippen LogP contribution in [0.15, 0.2) is 57.2 Å². The zero-order valence-electron chi connectivity index (χ0n) is 19.0. The molecule has 1 aromatic carbocycles. The van der Waals surface area contributed by atoms with E-state index in [2.05, 4.69) is 21.9 Å². The van der Waals surface area contributed by atoms with Gasteiger partial charge in [0.2, 0.25) is 11.5 Å². The fourth-order valence-corrected chi connectivity index (χ4v) is 4.17. The van der Waals surface area contributed by atoms with Gasteiger partial charge in [0.15, 0.2) is 0 Å². The molecule has 0 radical (unpaired) electrons. The molecule has 0 bridgehead atoms. The van der Waals surface area contributed by atoms with Gasteiger partial charge in [-0.15, -0.1) is 0 Å². The van der Waals surface area contributed by atoms with Gasteiger partial charge >= 0.3 is 11.4 Å². The Bertz CT molecular complexity index is 1280. The van der Waals surface area contributed by atoms with Gasteiger partial charge < -0.3 is 10.5 Å². The summed E-state index contributed by atoms with van der Waals surface area (Å²) in [6.07, 6.45) is 6.04. The van der Waals surface area contributed by atoms with Crippen LogP contribution in [0.4, 0.5) is 11.4 Å². The summed E-state index contributed by atoms with van der Waals surface area (Å²) in [6, 6.07) is 10.4. The molecule has 1 aliphatic carbocycles. The quantitative estimate of drug-likeness (QED) is 0.598. The van der Waals surface area contributed by atoms with Gasteiger partial charge in [0, 0.05) is 31.0 Å². The Morgan fingerprint density at radius 3 is 2.52 bits per heavy atom. The number of rotatable bonds is 6. The lowest BCUT2D eigenvalue weighted by Gasteiger charge is -2.26. The number of aromatic nitrogens is 4. The second kappa shape index (κ2) is 9.89. The van der Waals surface area contributed by atoms with Crippen molar-refractivity contribution in [3.05, 3.63) is 69.2 Å². The van der Waals surface area contributed by atoms with Gasteiger partial charge in [-0.3, -0.25) is 9.55 Å². The molecule has 3 N–H and O–H groups in total. The number of ether oxygens (including phenoxy) is 1. The molecular formula is C24H30N6O3. The fourth-order valence-electron chi connectivity index (χ4n) is 4.17. The number of anilines is 1. The molecule has 1 fully saturated rings. The van der Waals surface area contributed by atoms with Crippen LogP contribution < -0.4 is 27.5 Å². The van der Waals surface area contributed by atoms with E-state index in [9.17, 15) is 9.59 Å². The average molecular weight is 451 g/mol. The van der Waals surface area contributed by atoms with Gasteiger partial charge in [-0.1, -0.05) is 19.8 Å². The Hall–Kier alpha value is -3.62. The standard InChI is InChI=1S/C24H30N6O3/c1-3-29-23(31)28-22(30(24(29)32)15-17-6-4-16(2)5-7-17)27-19-8-10-20(11-9-19)33-21-14-18(25)12-13-26-21/h8-14,16-17H,3-7,15H2,1-2H3,(H2,25,26)(H,27,28,31)/t16-,17-. The lowest BCUT2D eigenvalue weighted by atomic mass is 9.83. The maximum absolute atomic E-state index is 13.1. The summed E-state index contributed by atoms with van der Waals surface area (Å²) >= 11 is 0. The van der Waals surface area contributed by atoms with Crippen LogP contribution in [0.25, 0.3) is 0 Å². The highest BCUT2D eigenvalue weighted by atomic mass is 16.5.